The summed E-state index contributed by atoms with van der Waals surface area (Å²) >= 11 is 0. The van der Waals surface area contributed by atoms with Crippen molar-refractivity contribution in [3.8, 4) is 0 Å². The molecule has 0 amide bonds. The number of aryl methyl sites for hydroxylation is 2. The van der Waals surface area contributed by atoms with Crippen LogP contribution in [0.15, 0.2) is 48.5 Å². The third kappa shape index (κ3) is 2.45. The molecular weight excluding hydrogens is 206 g/mol. The monoisotopic (exact) mass is 218 g/mol. The highest BCUT2D eigenvalue weighted by molar-refractivity contribution is 5.22. The fourth-order valence-corrected chi connectivity index (χ4v) is 1.67. The van der Waals surface area contributed by atoms with E-state index < -0.39 is 0 Å². The van der Waals surface area contributed by atoms with Crippen LogP contribution in [0.2, 0.25) is 0 Å². The molecule has 0 bridgehead atoms. The summed E-state index contributed by atoms with van der Waals surface area (Å²) in [6, 6.07) is 13.2. The number of hydrogen-bond donors (Lipinski definition) is 0. The zero-order valence-electron chi connectivity index (χ0n) is 8.79. The van der Waals surface area contributed by atoms with E-state index in [4.69, 9.17) is 0 Å². The van der Waals surface area contributed by atoms with Crippen molar-refractivity contribution >= 4 is 0 Å². The number of benzene rings is 2. The molecule has 0 radical (unpaired) electrons. The zero-order valence-corrected chi connectivity index (χ0v) is 8.79. The Morgan fingerprint density at radius 2 is 1.00 bits per heavy atom. The maximum absolute atomic E-state index is 13.3. The van der Waals surface area contributed by atoms with Gasteiger partial charge in [0.25, 0.3) is 0 Å². The molecule has 0 saturated carbocycles. The molecule has 0 unspecified atom stereocenters. The van der Waals surface area contributed by atoms with E-state index in [1.807, 2.05) is 0 Å². The highest BCUT2D eigenvalue weighted by atomic mass is 19.1. The maximum Gasteiger partial charge on any atom is 0.126 e. The first-order valence-electron chi connectivity index (χ1n) is 5.24. The van der Waals surface area contributed by atoms with Gasteiger partial charge in [0.05, 0.1) is 0 Å². The Hall–Kier alpha value is -1.70. The third-order valence-electron chi connectivity index (χ3n) is 2.58. The molecule has 0 aromatic heterocycles. The molecule has 0 aliphatic rings. The van der Waals surface area contributed by atoms with Gasteiger partial charge < -0.3 is 0 Å². The summed E-state index contributed by atoms with van der Waals surface area (Å²) in [5.41, 5.74) is 1.26. The minimum absolute atomic E-state index is 0.223. The molecule has 2 heteroatoms. The summed E-state index contributed by atoms with van der Waals surface area (Å²) < 4.78 is 26.6. The van der Waals surface area contributed by atoms with Gasteiger partial charge in [-0.2, -0.15) is 0 Å². The minimum Gasteiger partial charge on any atom is -0.207 e. The lowest BCUT2D eigenvalue weighted by Crippen LogP contribution is -1.96. The summed E-state index contributed by atoms with van der Waals surface area (Å²) in [5.74, 6) is -0.447. The van der Waals surface area contributed by atoms with E-state index in [9.17, 15) is 8.78 Å². The second-order valence-corrected chi connectivity index (χ2v) is 3.68. The van der Waals surface area contributed by atoms with Crippen LogP contribution in [-0.4, -0.2) is 0 Å². The van der Waals surface area contributed by atoms with Crippen LogP contribution in [0.25, 0.3) is 0 Å². The van der Waals surface area contributed by atoms with Gasteiger partial charge in [-0.1, -0.05) is 36.4 Å². The first kappa shape index (κ1) is 10.8. The average molecular weight is 218 g/mol. The predicted octanol–water partition coefficient (Wildman–Crippen LogP) is 3.75. The second-order valence-electron chi connectivity index (χ2n) is 3.68. The van der Waals surface area contributed by atoms with E-state index in [0.29, 0.717) is 24.0 Å². The van der Waals surface area contributed by atoms with Crippen molar-refractivity contribution < 1.29 is 8.78 Å². The number of hydrogen-bond acceptors (Lipinski definition) is 0. The van der Waals surface area contributed by atoms with Gasteiger partial charge in [-0.05, 0) is 36.1 Å². The SMILES string of the molecule is Fc1ccccc1CCc1ccccc1F. The van der Waals surface area contributed by atoms with E-state index in [1.165, 1.54) is 12.1 Å². The van der Waals surface area contributed by atoms with Gasteiger partial charge in [0.2, 0.25) is 0 Å². The van der Waals surface area contributed by atoms with Crippen LogP contribution in [0, 0.1) is 11.6 Å². The molecule has 0 N–H and O–H groups in total. The number of halogens is 2. The Balaban J connectivity index is 2.09. The van der Waals surface area contributed by atoms with E-state index >= 15 is 0 Å². The van der Waals surface area contributed by atoms with Crippen molar-refractivity contribution in [2.45, 2.75) is 12.8 Å². The van der Waals surface area contributed by atoms with Gasteiger partial charge in [-0.3, -0.25) is 0 Å². The molecule has 0 heterocycles. The van der Waals surface area contributed by atoms with Crippen LogP contribution >= 0.6 is 0 Å². The summed E-state index contributed by atoms with van der Waals surface area (Å²) in [6.45, 7) is 0. The van der Waals surface area contributed by atoms with Crippen molar-refractivity contribution in [2.24, 2.45) is 0 Å². The summed E-state index contributed by atoms with van der Waals surface area (Å²) in [5, 5.41) is 0. The molecule has 2 rings (SSSR count). The molecule has 16 heavy (non-hydrogen) atoms. The lowest BCUT2D eigenvalue weighted by molar-refractivity contribution is 0.595. The zero-order chi connectivity index (χ0) is 11.4. The van der Waals surface area contributed by atoms with Gasteiger partial charge in [0.15, 0.2) is 0 Å². The first-order chi connectivity index (χ1) is 7.77. The Morgan fingerprint density at radius 3 is 1.38 bits per heavy atom. The van der Waals surface area contributed by atoms with Crippen LogP contribution in [0.5, 0.6) is 0 Å². The maximum atomic E-state index is 13.3. The molecule has 0 aliphatic heterocycles. The van der Waals surface area contributed by atoms with Crippen LogP contribution in [0.4, 0.5) is 8.78 Å². The van der Waals surface area contributed by atoms with Crippen molar-refractivity contribution in [1.82, 2.24) is 0 Å². The third-order valence-corrected chi connectivity index (χ3v) is 2.58. The van der Waals surface area contributed by atoms with Crippen molar-refractivity contribution in [2.75, 3.05) is 0 Å². The van der Waals surface area contributed by atoms with Crippen molar-refractivity contribution in [1.29, 1.82) is 0 Å². The topological polar surface area (TPSA) is 0 Å². The molecule has 2 aromatic rings. The molecule has 0 nitrogen and oxygen atoms in total. The molecular formula is C14H12F2. The van der Waals surface area contributed by atoms with E-state index in [1.54, 1.807) is 36.4 Å². The smallest absolute Gasteiger partial charge is 0.126 e. The Morgan fingerprint density at radius 1 is 0.625 bits per heavy atom. The van der Waals surface area contributed by atoms with Crippen LogP contribution in [0.3, 0.4) is 0 Å². The van der Waals surface area contributed by atoms with E-state index in [0.717, 1.165) is 0 Å². The largest absolute Gasteiger partial charge is 0.207 e. The van der Waals surface area contributed by atoms with Gasteiger partial charge in [0.1, 0.15) is 11.6 Å². The molecule has 0 spiro atoms. The molecule has 82 valence electrons. The van der Waals surface area contributed by atoms with Crippen LogP contribution < -0.4 is 0 Å². The fourth-order valence-electron chi connectivity index (χ4n) is 1.67. The van der Waals surface area contributed by atoms with Crippen molar-refractivity contribution in [3.05, 3.63) is 71.3 Å². The highest BCUT2D eigenvalue weighted by Crippen LogP contribution is 2.13. The normalized spacial score (nSPS) is 10.4. The Bertz CT molecular complexity index is 432. The van der Waals surface area contributed by atoms with Crippen LogP contribution in [0.1, 0.15) is 11.1 Å². The standard InChI is InChI=1S/C14H12F2/c15-13-7-3-1-5-11(13)9-10-12-6-2-4-8-14(12)16/h1-8H,9-10H2. The molecule has 0 saturated heterocycles. The first-order valence-corrected chi connectivity index (χ1v) is 5.24. The van der Waals surface area contributed by atoms with Gasteiger partial charge >= 0.3 is 0 Å². The Kier molecular flexibility index (Phi) is 3.30. The van der Waals surface area contributed by atoms with E-state index in [2.05, 4.69) is 0 Å². The lowest BCUT2D eigenvalue weighted by Gasteiger charge is -2.04. The quantitative estimate of drug-likeness (QED) is 0.736. The summed E-state index contributed by atoms with van der Waals surface area (Å²) in [4.78, 5) is 0. The summed E-state index contributed by atoms with van der Waals surface area (Å²) in [6.07, 6.45) is 1.04. The fraction of sp³-hybridized carbons (Fsp3) is 0.143. The van der Waals surface area contributed by atoms with Crippen LogP contribution in [-0.2, 0) is 12.8 Å². The summed E-state index contributed by atoms with van der Waals surface area (Å²) in [7, 11) is 0. The molecule has 0 aliphatic carbocycles. The highest BCUT2D eigenvalue weighted by Gasteiger charge is 2.04. The molecule has 0 atom stereocenters. The molecule has 2 aromatic carbocycles. The van der Waals surface area contributed by atoms with Gasteiger partial charge in [-0.25, -0.2) is 8.78 Å². The minimum atomic E-state index is -0.223. The van der Waals surface area contributed by atoms with Gasteiger partial charge in [0, 0.05) is 0 Å². The lowest BCUT2D eigenvalue weighted by atomic mass is 10.0. The van der Waals surface area contributed by atoms with Crippen molar-refractivity contribution in [3.63, 3.8) is 0 Å². The van der Waals surface area contributed by atoms with Gasteiger partial charge in [-0.15, -0.1) is 0 Å². The number of rotatable bonds is 3. The molecule has 0 fully saturated rings. The Labute approximate surface area is 93.5 Å². The average Bonchev–Trinajstić information content (AvgIpc) is 2.30. The second kappa shape index (κ2) is 4.88. The van der Waals surface area contributed by atoms with E-state index in [-0.39, 0.29) is 11.6 Å². The predicted molar refractivity (Wildman–Crippen MR) is 60.2 cm³/mol.